The average molecular weight is 248 g/mol. The van der Waals surface area contributed by atoms with Crippen LogP contribution in [0, 0.1) is 22.2 Å². The molecule has 0 amide bonds. The van der Waals surface area contributed by atoms with Gasteiger partial charge in [0, 0.05) is 11.8 Å². The third kappa shape index (κ3) is 1.44. The van der Waals surface area contributed by atoms with Gasteiger partial charge in [-0.05, 0) is 61.7 Å². The van der Waals surface area contributed by atoms with E-state index in [-0.39, 0.29) is 12.1 Å². The van der Waals surface area contributed by atoms with Gasteiger partial charge in [0.2, 0.25) is 0 Å². The fourth-order valence-corrected chi connectivity index (χ4v) is 6.85. The molecular weight excluding hydrogens is 224 g/mol. The lowest BCUT2D eigenvalue weighted by atomic mass is 9.39. The molecule has 5 atom stereocenters. The third-order valence-electron chi connectivity index (χ3n) is 6.24. The van der Waals surface area contributed by atoms with E-state index >= 15 is 0 Å². The zero-order valence-electron chi connectivity index (χ0n) is 11.6. The van der Waals surface area contributed by atoms with Gasteiger partial charge in [0.25, 0.3) is 0 Å². The minimum absolute atomic E-state index is 0.0473. The normalized spacial score (nSPS) is 58.0. The van der Waals surface area contributed by atoms with Gasteiger partial charge in [-0.1, -0.05) is 13.8 Å². The van der Waals surface area contributed by atoms with Gasteiger partial charge >= 0.3 is 5.97 Å². The van der Waals surface area contributed by atoms with Gasteiger partial charge in [0.05, 0.1) is 0 Å². The highest BCUT2D eigenvalue weighted by molar-refractivity contribution is 5.71. The number of carbonyl (C=O) groups is 1. The van der Waals surface area contributed by atoms with E-state index in [4.69, 9.17) is 4.74 Å². The van der Waals surface area contributed by atoms with Gasteiger partial charge < -0.3 is 4.74 Å². The molecule has 5 aliphatic rings. The Balaban J connectivity index is 1.71. The van der Waals surface area contributed by atoms with E-state index in [0.717, 1.165) is 12.3 Å². The van der Waals surface area contributed by atoms with Crippen LogP contribution in [0.4, 0.5) is 0 Å². The molecule has 100 valence electrons. The Morgan fingerprint density at radius 3 is 2.22 bits per heavy atom. The lowest BCUT2D eigenvalue weighted by Gasteiger charge is -2.66. The van der Waals surface area contributed by atoms with Crippen molar-refractivity contribution in [1.82, 2.24) is 0 Å². The second-order valence-electron chi connectivity index (χ2n) is 8.51. The Bertz CT molecular complexity index is 395. The van der Waals surface area contributed by atoms with Gasteiger partial charge in [-0.2, -0.15) is 0 Å². The monoisotopic (exact) mass is 248 g/mol. The zero-order chi connectivity index (χ0) is 12.6. The molecule has 2 nitrogen and oxygen atoms in total. The molecule has 1 aliphatic heterocycles. The van der Waals surface area contributed by atoms with Crippen molar-refractivity contribution < 1.29 is 9.53 Å². The Kier molecular flexibility index (Phi) is 1.97. The molecule has 1 heterocycles. The van der Waals surface area contributed by atoms with Crippen LogP contribution in [0.15, 0.2) is 0 Å². The lowest BCUT2D eigenvalue weighted by molar-refractivity contribution is -0.192. The van der Waals surface area contributed by atoms with Crippen LogP contribution in [0.1, 0.15) is 65.2 Å². The molecule has 4 aliphatic carbocycles. The molecule has 3 unspecified atom stereocenters. The van der Waals surface area contributed by atoms with Crippen LogP contribution in [0.2, 0.25) is 0 Å². The molecule has 0 radical (unpaired) electrons. The number of hydrogen-bond acceptors (Lipinski definition) is 2. The number of rotatable bonds is 1. The Hall–Kier alpha value is -0.530. The van der Waals surface area contributed by atoms with Crippen molar-refractivity contribution in [2.45, 2.75) is 71.3 Å². The van der Waals surface area contributed by atoms with Crippen LogP contribution < -0.4 is 0 Å². The summed E-state index contributed by atoms with van der Waals surface area (Å²) in [6, 6.07) is 0. The van der Waals surface area contributed by atoms with E-state index < -0.39 is 0 Å². The standard InChI is InChI=1S/C16H24O2/c1-14-5-11-6-15(2,8-14)10-16(7-11,9-14)12-3-4-13(17)18-12/h11-12H,3-10H2,1-2H3/t11?,12?,14-,15+,16?. The van der Waals surface area contributed by atoms with Crippen molar-refractivity contribution in [2.75, 3.05) is 0 Å². The van der Waals surface area contributed by atoms with Crippen LogP contribution in [0.25, 0.3) is 0 Å². The third-order valence-corrected chi connectivity index (χ3v) is 6.24. The Labute approximate surface area is 109 Å². The number of hydrogen-bond donors (Lipinski definition) is 0. The molecule has 18 heavy (non-hydrogen) atoms. The molecule has 0 aromatic carbocycles. The van der Waals surface area contributed by atoms with E-state index in [0.29, 0.717) is 22.7 Å². The Morgan fingerprint density at radius 1 is 1.06 bits per heavy atom. The van der Waals surface area contributed by atoms with Crippen molar-refractivity contribution in [3.63, 3.8) is 0 Å². The van der Waals surface area contributed by atoms with Crippen LogP contribution in [-0.2, 0) is 9.53 Å². The van der Waals surface area contributed by atoms with E-state index in [1.54, 1.807) is 0 Å². The van der Waals surface area contributed by atoms with Crippen molar-refractivity contribution in [2.24, 2.45) is 22.2 Å². The SMILES string of the molecule is C[C@]12CC3CC(C4CCC(=O)O4)(C1)C[C@@](C)(C3)C2. The molecule has 2 heteroatoms. The van der Waals surface area contributed by atoms with Gasteiger partial charge in [-0.15, -0.1) is 0 Å². The summed E-state index contributed by atoms with van der Waals surface area (Å²) in [4.78, 5) is 11.5. The van der Waals surface area contributed by atoms with Gasteiger partial charge in [0.15, 0.2) is 0 Å². The summed E-state index contributed by atoms with van der Waals surface area (Å²) in [6.07, 6.45) is 10.1. The molecular formula is C16H24O2. The molecule has 0 spiro atoms. The summed E-state index contributed by atoms with van der Waals surface area (Å²) in [5.74, 6) is 0.946. The Morgan fingerprint density at radius 2 is 1.72 bits per heavy atom. The molecule has 5 rings (SSSR count). The van der Waals surface area contributed by atoms with Crippen molar-refractivity contribution in [3.05, 3.63) is 0 Å². The summed E-state index contributed by atoms with van der Waals surface area (Å²) in [5.41, 5.74) is 1.40. The van der Waals surface area contributed by atoms with Crippen LogP contribution in [0.3, 0.4) is 0 Å². The second kappa shape index (κ2) is 3.13. The summed E-state index contributed by atoms with van der Waals surface area (Å²) in [7, 11) is 0. The number of cyclic esters (lactones) is 1. The maximum absolute atomic E-state index is 11.5. The first-order chi connectivity index (χ1) is 8.41. The molecule has 4 saturated carbocycles. The first kappa shape index (κ1) is 11.3. The first-order valence-corrected chi connectivity index (χ1v) is 7.60. The summed E-state index contributed by atoms with van der Waals surface area (Å²) in [6.45, 7) is 4.97. The van der Waals surface area contributed by atoms with Gasteiger partial charge in [-0.3, -0.25) is 4.79 Å². The quantitative estimate of drug-likeness (QED) is 0.662. The fourth-order valence-electron chi connectivity index (χ4n) is 6.85. The molecule has 1 saturated heterocycles. The maximum atomic E-state index is 11.5. The van der Waals surface area contributed by atoms with Gasteiger partial charge in [0.1, 0.15) is 6.10 Å². The highest BCUT2D eigenvalue weighted by atomic mass is 16.5. The second-order valence-corrected chi connectivity index (χ2v) is 8.51. The van der Waals surface area contributed by atoms with E-state index in [1.807, 2.05) is 0 Å². The summed E-state index contributed by atoms with van der Waals surface area (Å²) in [5, 5.41) is 0. The number of esters is 1. The van der Waals surface area contributed by atoms with E-state index in [9.17, 15) is 4.79 Å². The lowest BCUT2D eigenvalue weighted by Crippen LogP contribution is -2.58. The van der Waals surface area contributed by atoms with Crippen molar-refractivity contribution >= 4 is 5.97 Å². The smallest absolute Gasteiger partial charge is 0.306 e. The van der Waals surface area contributed by atoms with E-state index in [2.05, 4.69) is 13.8 Å². The highest BCUT2D eigenvalue weighted by Crippen LogP contribution is 2.71. The molecule has 0 aromatic rings. The zero-order valence-corrected chi connectivity index (χ0v) is 11.6. The van der Waals surface area contributed by atoms with E-state index in [1.165, 1.54) is 38.5 Å². The molecule has 4 bridgehead atoms. The number of ether oxygens (including phenoxy) is 1. The minimum Gasteiger partial charge on any atom is -0.462 e. The topological polar surface area (TPSA) is 26.3 Å². The average Bonchev–Trinajstić information content (AvgIpc) is 2.59. The summed E-state index contributed by atoms with van der Waals surface area (Å²) >= 11 is 0. The van der Waals surface area contributed by atoms with Gasteiger partial charge in [-0.25, -0.2) is 0 Å². The predicted octanol–water partition coefficient (Wildman–Crippen LogP) is 3.69. The largest absolute Gasteiger partial charge is 0.462 e. The predicted molar refractivity (Wildman–Crippen MR) is 69.0 cm³/mol. The highest BCUT2D eigenvalue weighted by Gasteiger charge is 2.63. The van der Waals surface area contributed by atoms with Crippen LogP contribution in [-0.4, -0.2) is 12.1 Å². The van der Waals surface area contributed by atoms with Crippen LogP contribution in [0.5, 0.6) is 0 Å². The van der Waals surface area contributed by atoms with Crippen molar-refractivity contribution in [3.8, 4) is 0 Å². The van der Waals surface area contributed by atoms with Crippen LogP contribution >= 0.6 is 0 Å². The minimum atomic E-state index is 0.0473. The molecule has 0 aromatic heterocycles. The molecule has 0 N–H and O–H groups in total. The fraction of sp³-hybridized carbons (Fsp3) is 0.938. The summed E-state index contributed by atoms with van der Waals surface area (Å²) < 4.78 is 5.70. The maximum Gasteiger partial charge on any atom is 0.306 e. The first-order valence-electron chi connectivity index (χ1n) is 7.60. The molecule has 5 fully saturated rings. The van der Waals surface area contributed by atoms with Crippen molar-refractivity contribution in [1.29, 1.82) is 0 Å². The number of carbonyl (C=O) groups excluding carboxylic acids is 1.